The summed E-state index contributed by atoms with van der Waals surface area (Å²) in [4.78, 5) is 12.2. The highest BCUT2D eigenvalue weighted by Crippen LogP contribution is 2.10. The molecule has 0 spiro atoms. The first kappa shape index (κ1) is 15.0. The first-order chi connectivity index (χ1) is 9.69. The number of aliphatic hydroxyl groups is 1. The molecule has 0 saturated carbocycles. The molecule has 1 aromatic rings. The van der Waals surface area contributed by atoms with Crippen LogP contribution < -0.4 is 10.6 Å². The van der Waals surface area contributed by atoms with Crippen molar-refractivity contribution >= 4 is 5.91 Å². The third-order valence-electron chi connectivity index (χ3n) is 3.73. The van der Waals surface area contributed by atoms with Crippen LogP contribution >= 0.6 is 0 Å². The highest BCUT2D eigenvalue weighted by atomic mass is 16.3. The lowest BCUT2D eigenvalue weighted by Gasteiger charge is -2.20. The SMILES string of the molecule is CCCC(Cc1ccccc1)NC(=O)C1CC(O)CN1. The zero-order chi connectivity index (χ0) is 14.4. The summed E-state index contributed by atoms with van der Waals surface area (Å²) in [7, 11) is 0. The summed E-state index contributed by atoms with van der Waals surface area (Å²) in [5.41, 5.74) is 1.24. The lowest BCUT2D eigenvalue weighted by atomic mass is 10.0. The fourth-order valence-electron chi connectivity index (χ4n) is 2.69. The molecule has 0 aromatic heterocycles. The predicted molar refractivity (Wildman–Crippen MR) is 79.4 cm³/mol. The van der Waals surface area contributed by atoms with Crippen molar-refractivity contribution in [1.29, 1.82) is 0 Å². The molecule has 4 heteroatoms. The van der Waals surface area contributed by atoms with Crippen LogP contribution in [0.15, 0.2) is 30.3 Å². The average Bonchev–Trinajstić information content (AvgIpc) is 2.87. The van der Waals surface area contributed by atoms with Crippen LogP contribution in [0.1, 0.15) is 31.7 Å². The van der Waals surface area contributed by atoms with Crippen LogP contribution in [0.5, 0.6) is 0 Å². The number of nitrogens with one attached hydrogen (secondary N) is 2. The smallest absolute Gasteiger partial charge is 0.237 e. The minimum atomic E-state index is -0.399. The van der Waals surface area contributed by atoms with Crippen LogP contribution in [-0.2, 0) is 11.2 Å². The van der Waals surface area contributed by atoms with Crippen molar-refractivity contribution in [3.63, 3.8) is 0 Å². The molecule has 1 aliphatic rings. The van der Waals surface area contributed by atoms with Crippen LogP contribution in [0.3, 0.4) is 0 Å². The van der Waals surface area contributed by atoms with Gasteiger partial charge < -0.3 is 15.7 Å². The van der Waals surface area contributed by atoms with Gasteiger partial charge >= 0.3 is 0 Å². The van der Waals surface area contributed by atoms with E-state index in [1.54, 1.807) is 0 Å². The molecule has 0 radical (unpaired) electrons. The molecular formula is C16H24N2O2. The molecule has 20 heavy (non-hydrogen) atoms. The largest absolute Gasteiger partial charge is 0.392 e. The zero-order valence-corrected chi connectivity index (χ0v) is 12.0. The van der Waals surface area contributed by atoms with Crippen molar-refractivity contribution in [2.75, 3.05) is 6.54 Å². The second-order valence-corrected chi connectivity index (χ2v) is 5.53. The number of β-amino-alcohol motifs (C(OH)–C–C–N with tert-alkyl or cyclic N) is 1. The topological polar surface area (TPSA) is 61.4 Å². The first-order valence-electron chi connectivity index (χ1n) is 7.44. The van der Waals surface area contributed by atoms with E-state index in [1.165, 1.54) is 5.56 Å². The van der Waals surface area contributed by atoms with E-state index >= 15 is 0 Å². The maximum Gasteiger partial charge on any atom is 0.237 e. The van der Waals surface area contributed by atoms with Crippen LogP contribution in [-0.4, -0.2) is 35.7 Å². The number of hydrogen-bond donors (Lipinski definition) is 3. The predicted octanol–water partition coefficient (Wildman–Crippen LogP) is 1.24. The molecule has 0 aliphatic carbocycles. The lowest BCUT2D eigenvalue weighted by Crippen LogP contribution is -2.45. The van der Waals surface area contributed by atoms with Gasteiger partial charge in [-0.25, -0.2) is 0 Å². The third kappa shape index (κ3) is 4.32. The van der Waals surface area contributed by atoms with Gasteiger partial charge in [0.15, 0.2) is 0 Å². The summed E-state index contributed by atoms with van der Waals surface area (Å²) in [5, 5.41) is 15.7. The molecule has 2 rings (SSSR count). The molecule has 110 valence electrons. The van der Waals surface area contributed by atoms with Gasteiger partial charge in [-0.1, -0.05) is 43.7 Å². The number of carbonyl (C=O) groups is 1. The summed E-state index contributed by atoms with van der Waals surface area (Å²) >= 11 is 0. The first-order valence-corrected chi connectivity index (χ1v) is 7.44. The third-order valence-corrected chi connectivity index (χ3v) is 3.73. The molecule has 3 unspecified atom stereocenters. The van der Waals surface area contributed by atoms with Gasteiger partial charge in [0.1, 0.15) is 0 Å². The second kappa shape index (κ2) is 7.41. The van der Waals surface area contributed by atoms with E-state index in [4.69, 9.17) is 0 Å². The number of hydrogen-bond acceptors (Lipinski definition) is 3. The molecule has 0 bridgehead atoms. The van der Waals surface area contributed by atoms with Gasteiger partial charge in [-0.05, 0) is 24.8 Å². The van der Waals surface area contributed by atoms with Gasteiger partial charge in [-0.15, -0.1) is 0 Å². The molecule has 3 N–H and O–H groups in total. The zero-order valence-electron chi connectivity index (χ0n) is 12.0. The Hall–Kier alpha value is -1.39. The number of benzene rings is 1. The molecule has 3 atom stereocenters. The second-order valence-electron chi connectivity index (χ2n) is 5.53. The maximum atomic E-state index is 12.2. The number of aliphatic hydroxyl groups excluding tert-OH is 1. The van der Waals surface area contributed by atoms with E-state index < -0.39 is 6.10 Å². The Morgan fingerprint density at radius 3 is 2.80 bits per heavy atom. The van der Waals surface area contributed by atoms with Gasteiger partial charge in [0.25, 0.3) is 0 Å². The Morgan fingerprint density at radius 1 is 1.45 bits per heavy atom. The Balaban J connectivity index is 1.90. The highest BCUT2D eigenvalue weighted by molar-refractivity contribution is 5.82. The molecule has 1 amide bonds. The quantitative estimate of drug-likeness (QED) is 0.732. The minimum Gasteiger partial charge on any atom is -0.392 e. The normalized spacial score (nSPS) is 23.5. The Labute approximate surface area is 120 Å². The molecular weight excluding hydrogens is 252 g/mol. The van der Waals surface area contributed by atoms with Crippen molar-refractivity contribution in [3.8, 4) is 0 Å². The monoisotopic (exact) mass is 276 g/mol. The molecule has 1 aliphatic heterocycles. The Morgan fingerprint density at radius 2 is 2.20 bits per heavy atom. The van der Waals surface area contributed by atoms with E-state index in [-0.39, 0.29) is 18.0 Å². The van der Waals surface area contributed by atoms with Crippen molar-refractivity contribution in [3.05, 3.63) is 35.9 Å². The summed E-state index contributed by atoms with van der Waals surface area (Å²) in [6.07, 6.45) is 2.98. The van der Waals surface area contributed by atoms with Crippen LogP contribution in [0, 0.1) is 0 Å². The Kier molecular flexibility index (Phi) is 5.56. The number of amides is 1. The van der Waals surface area contributed by atoms with E-state index in [9.17, 15) is 9.90 Å². The van der Waals surface area contributed by atoms with Gasteiger partial charge in [-0.2, -0.15) is 0 Å². The maximum absolute atomic E-state index is 12.2. The van der Waals surface area contributed by atoms with Crippen LogP contribution in [0.2, 0.25) is 0 Å². The van der Waals surface area contributed by atoms with Crippen LogP contribution in [0.25, 0.3) is 0 Å². The van der Waals surface area contributed by atoms with E-state index in [2.05, 4.69) is 29.7 Å². The minimum absolute atomic E-state index is 0.0101. The molecule has 4 nitrogen and oxygen atoms in total. The summed E-state index contributed by atoms with van der Waals surface area (Å²) < 4.78 is 0. The highest BCUT2D eigenvalue weighted by Gasteiger charge is 2.29. The van der Waals surface area contributed by atoms with E-state index in [0.29, 0.717) is 13.0 Å². The van der Waals surface area contributed by atoms with Crippen molar-refractivity contribution < 1.29 is 9.90 Å². The van der Waals surface area contributed by atoms with Crippen molar-refractivity contribution in [1.82, 2.24) is 10.6 Å². The Bertz CT molecular complexity index is 422. The van der Waals surface area contributed by atoms with Crippen molar-refractivity contribution in [2.45, 2.75) is 50.8 Å². The average molecular weight is 276 g/mol. The van der Waals surface area contributed by atoms with E-state index in [1.807, 2.05) is 18.2 Å². The summed E-state index contributed by atoms with van der Waals surface area (Å²) in [6.45, 7) is 2.64. The van der Waals surface area contributed by atoms with Crippen molar-refractivity contribution in [2.24, 2.45) is 0 Å². The lowest BCUT2D eigenvalue weighted by molar-refractivity contribution is -0.123. The van der Waals surface area contributed by atoms with E-state index in [0.717, 1.165) is 19.3 Å². The fourth-order valence-corrected chi connectivity index (χ4v) is 2.69. The summed E-state index contributed by atoms with van der Waals surface area (Å²) in [6, 6.07) is 10.1. The number of carbonyl (C=O) groups excluding carboxylic acids is 1. The number of rotatable bonds is 6. The van der Waals surface area contributed by atoms with Gasteiger partial charge in [0, 0.05) is 12.6 Å². The van der Waals surface area contributed by atoms with Gasteiger partial charge in [0.05, 0.1) is 12.1 Å². The standard InChI is InChI=1S/C16H24N2O2/c1-2-6-13(9-12-7-4-3-5-8-12)18-16(20)15-10-14(19)11-17-15/h3-5,7-8,13-15,17,19H,2,6,9-11H2,1H3,(H,18,20). The molecule has 1 aromatic carbocycles. The van der Waals surface area contributed by atoms with Gasteiger partial charge in [0.2, 0.25) is 5.91 Å². The molecule has 1 heterocycles. The summed E-state index contributed by atoms with van der Waals surface area (Å²) in [5.74, 6) is 0.0101. The van der Waals surface area contributed by atoms with Crippen LogP contribution in [0.4, 0.5) is 0 Å². The molecule has 1 fully saturated rings. The van der Waals surface area contributed by atoms with Gasteiger partial charge in [-0.3, -0.25) is 4.79 Å². The fraction of sp³-hybridized carbons (Fsp3) is 0.562. The molecule has 1 saturated heterocycles.